The molecule has 3 N–H and O–H groups in total. The number of carbonyl (C=O) groups is 2. The average molecular weight is 694 g/mol. The number of H-pyrrole nitrogens is 2. The third-order valence-corrected chi connectivity index (χ3v) is 10.0. The highest BCUT2D eigenvalue weighted by atomic mass is 16.6. The first-order valence-corrected chi connectivity index (χ1v) is 18.4. The minimum absolute atomic E-state index is 0.0560. The van der Waals surface area contributed by atoms with Crippen LogP contribution >= 0.6 is 0 Å². The van der Waals surface area contributed by atoms with Crippen LogP contribution in [0.4, 0.5) is 9.59 Å². The first-order valence-electron chi connectivity index (χ1n) is 18.4. The Bertz CT molecular complexity index is 1700. The van der Waals surface area contributed by atoms with Crippen LogP contribution in [0.2, 0.25) is 0 Å². The molecule has 270 valence electrons. The number of hydrogen-bond acceptors (Lipinski definition) is 7. The van der Waals surface area contributed by atoms with Crippen molar-refractivity contribution in [2.45, 2.75) is 115 Å². The summed E-state index contributed by atoms with van der Waals surface area (Å²) in [6, 6.07) is 21.9. The second-order valence-electron chi connectivity index (χ2n) is 16.2. The number of likely N-dealkylation sites (tertiary alicyclic amines) is 2. The third-order valence-electron chi connectivity index (χ3n) is 10.0. The van der Waals surface area contributed by atoms with Gasteiger partial charge in [-0.15, -0.1) is 0 Å². The molecule has 4 unspecified atom stereocenters. The minimum atomic E-state index is -0.527. The van der Waals surface area contributed by atoms with Crippen molar-refractivity contribution in [3.05, 3.63) is 83.2 Å². The maximum Gasteiger partial charge on any atom is 0.410 e. The number of benzene rings is 2. The van der Waals surface area contributed by atoms with Crippen LogP contribution in [0.3, 0.4) is 0 Å². The molecule has 3 aliphatic rings. The van der Waals surface area contributed by atoms with E-state index in [-0.39, 0.29) is 36.4 Å². The fourth-order valence-corrected chi connectivity index (χ4v) is 7.61. The van der Waals surface area contributed by atoms with Gasteiger partial charge in [-0.05, 0) is 103 Å². The highest BCUT2D eigenvalue weighted by Gasteiger charge is 2.36. The van der Waals surface area contributed by atoms with Crippen LogP contribution in [0, 0.1) is 0 Å². The zero-order valence-electron chi connectivity index (χ0n) is 30.7. The van der Waals surface area contributed by atoms with Gasteiger partial charge in [0.05, 0.1) is 34.9 Å². The molecule has 11 heteroatoms. The molecule has 51 heavy (non-hydrogen) atoms. The largest absolute Gasteiger partial charge is 0.444 e. The third kappa shape index (κ3) is 7.83. The van der Waals surface area contributed by atoms with E-state index in [2.05, 4.69) is 86.4 Å². The van der Waals surface area contributed by atoms with Gasteiger partial charge < -0.3 is 14.8 Å². The molecule has 11 nitrogen and oxygen atoms in total. The fraction of sp³-hybridized carbons (Fsp3) is 0.500. The van der Waals surface area contributed by atoms with Crippen molar-refractivity contribution in [1.82, 2.24) is 35.5 Å². The molecular formula is C40H51N7O4. The first kappa shape index (κ1) is 34.8. The highest BCUT2D eigenvalue weighted by Crippen LogP contribution is 2.38. The second kappa shape index (κ2) is 13.8. The second-order valence-corrected chi connectivity index (χ2v) is 16.2. The number of carbonyl (C=O) groups excluding carboxylic acids is 2. The van der Waals surface area contributed by atoms with E-state index in [1.807, 2.05) is 51.3 Å². The molecule has 3 fully saturated rings. The molecule has 2 amide bonds. The van der Waals surface area contributed by atoms with Gasteiger partial charge in [0.2, 0.25) is 0 Å². The Hall–Kier alpha value is -4.64. The molecule has 5 heterocycles. The van der Waals surface area contributed by atoms with Crippen molar-refractivity contribution in [3.63, 3.8) is 0 Å². The van der Waals surface area contributed by atoms with Gasteiger partial charge in [-0.2, -0.15) is 10.2 Å². The Kier molecular flexibility index (Phi) is 9.43. The van der Waals surface area contributed by atoms with Crippen LogP contribution in [-0.4, -0.2) is 66.7 Å². The van der Waals surface area contributed by atoms with E-state index < -0.39 is 11.2 Å². The summed E-state index contributed by atoms with van der Waals surface area (Å²) in [6.07, 6.45) is 5.21. The average Bonchev–Trinajstić information content (AvgIpc) is 3.93. The number of rotatable bonds is 6. The molecule has 7 rings (SSSR count). The maximum atomic E-state index is 12.8. The Morgan fingerprint density at radius 2 is 1.02 bits per heavy atom. The number of aromatic amines is 2. The van der Waals surface area contributed by atoms with Crippen molar-refractivity contribution in [3.8, 4) is 22.5 Å². The van der Waals surface area contributed by atoms with Gasteiger partial charge >= 0.3 is 12.2 Å². The van der Waals surface area contributed by atoms with E-state index in [4.69, 9.17) is 9.47 Å². The standard InChI is InChI=1S/C40H51N7O4/c1-39(2,3)50-37(48)46-21-7-9-35(46)33-23-31(42-44-33)27-15-11-25(12-16-27)29-19-20-30(41-29)26-13-17-28(18-14-26)32-24-34(45-43-32)36-10-8-22-47(36)38(49)51-40(4,5)6/h11-18,23-24,29-30,35-36,41H,7-10,19-22H2,1-6H3,(H,42,44)(H,43,45). The summed E-state index contributed by atoms with van der Waals surface area (Å²) in [6.45, 7) is 12.7. The lowest BCUT2D eigenvalue weighted by atomic mass is 10.0. The van der Waals surface area contributed by atoms with Crippen LogP contribution in [0.1, 0.15) is 127 Å². The van der Waals surface area contributed by atoms with E-state index in [1.54, 1.807) is 0 Å². The summed E-state index contributed by atoms with van der Waals surface area (Å²) < 4.78 is 11.3. The molecule has 3 aliphatic heterocycles. The first-order chi connectivity index (χ1) is 24.3. The van der Waals surface area contributed by atoms with E-state index >= 15 is 0 Å². The highest BCUT2D eigenvalue weighted by molar-refractivity contribution is 5.70. The zero-order valence-corrected chi connectivity index (χ0v) is 30.7. The Balaban J connectivity index is 0.953. The summed E-state index contributed by atoms with van der Waals surface area (Å²) in [5.74, 6) is 0. The Labute approximate surface area is 300 Å². The van der Waals surface area contributed by atoms with E-state index in [0.29, 0.717) is 13.1 Å². The predicted octanol–water partition coefficient (Wildman–Crippen LogP) is 8.78. The molecule has 2 aromatic heterocycles. The topological polar surface area (TPSA) is 128 Å². The van der Waals surface area contributed by atoms with Crippen LogP contribution < -0.4 is 5.32 Å². The summed E-state index contributed by atoms with van der Waals surface area (Å²) >= 11 is 0. The van der Waals surface area contributed by atoms with Crippen LogP contribution in [0.25, 0.3) is 22.5 Å². The summed E-state index contributed by atoms with van der Waals surface area (Å²) in [5.41, 5.74) is 7.18. The molecule has 4 atom stereocenters. The number of ether oxygens (including phenoxy) is 2. The monoisotopic (exact) mass is 693 g/mol. The number of aromatic nitrogens is 4. The molecule has 0 radical (unpaired) electrons. The van der Waals surface area contributed by atoms with Crippen molar-refractivity contribution >= 4 is 12.2 Å². The van der Waals surface area contributed by atoms with Crippen LogP contribution in [0.5, 0.6) is 0 Å². The van der Waals surface area contributed by atoms with Crippen molar-refractivity contribution < 1.29 is 19.1 Å². The quantitative estimate of drug-likeness (QED) is 0.184. The minimum Gasteiger partial charge on any atom is -0.444 e. The van der Waals surface area contributed by atoms with Crippen molar-refractivity contribution in [2.24, 2.45) is 0 Å². The van der Waals surface area contributed by atoms with Crippen molar-refractivity contribution in [1.29, 1.82) is 0 Å². The van der Waals surface area contributed by atoms with Crippen LogP contribution in [0.15, 0.2) is 60.7 Å². The lowest BCUT2D eigenvalue weighted by Gasteiger charge is -2.28. The smallest absolute Gasteiger partial charge is 0.410 e. The Morgan fingerprint density at radius 3 is 1.39 bits per heavy atom. The number of nitrogens with zero attached hydrogens (tertiary/aromatic N) is 4. The Morgan fingerprint density at radius 1 is 0.627 bits per heavy atom. The van der Waals surface area contributed by atoms with Gasteiger partial charge in [0.1, 0.15) is 11.2 Å². The molecule has 3 saturated heterocycles. The molecule has 0 aliphatic carbocycles. The summed E-state index contributed by atoms with van der Waals surface area (Å²) in [5, 5.41) is 19.4. The van der Waals surface area contributed by atoms with Gasteiger partial charge in [-0.1, -0.05) is 48.5 Å². The predicted molar refractivity (Wildman–Crippen MR) is 196 cm³/mol. The molecule has 0 spiro atoms. The van der Waals surface area contributed by atoms with Crippen molar-refractivity contribution in [2.75, 3.05) is 13.1 Å². The molecule has 0 saturated carbocycles. The van der Waals surface area contributed by atoms with Gasteiger partial charge in [0, 0.05) is 36.3 Å². The molecular weight excluding hydrogens is 642 g/mol. The normalized spacial score (nSPS) is 22.5. The van der Waals surface area contributed by atoms with Crippen LogP contribution in [-0.2, 0) is 9.47 Å². The molecule has 2 aromatic carbocycles. The SMILES string of the molecule is CC(C)(C)OC(=O)N1CCCC1c1cc(-c2ccc(C3CCC(c4ccc(-c5cc(C6CCCN6C(=O)OC(C)(C)C)[nH]n5)cc4)N3)cc2)n[nH]1. The van der Waals surface area contributed by atoms with Gasteiger partial charge in [-0.25, -0.2) is 9.59 Å². The number of amides is 2. The fourth-order valence-electron chi connectivity index (χ4n) is 7.61. The maximum absolute atomic E-state index is 12.8. The lowest BCUT2D eigenvalue weighted by Crippen LogP contribution is -2.36. The van der Waals surface area contributed by atoms with E-state index in [9.17, 15) is 9.59 Å². The van der Waals surface area contributed by atoms with E-state index in [0.717, 1.165) is 72.4 Å². The van der Waals surface area contributed by atoms with Gasteiger partial charge in [-0.3, -0.25) is 20.0 Å². The molecule has 0 bridgehead atoms. The number of nitrogens with one attached hydrogen (secondary N) is 3. The number of hydrogen-bond donors (Lipinski definition) is 3. The van der Waals surface area contributed by atoms with Gasteiger partial charge in [0.25, 0.3) is 0 Å². The van der Waals surface area contributed by atoms with Gasteiger partial charge in [0.15, 0.2) is 0 Å². The summed E-state index contributed by atoms with van der Waals surface area (Å²) in [7, 11) is 0. The zero-order chi connectivity index (χ0) is 35.9. The van der Waals surface area contributed by atoms with E-state index in [1.165, 1.54) is 11.1 Å². The lowest BCUT2D eigenvalue weighted by molar-refractivity contribution is 0.0211. The summed E-state index contributed by atoms with van der Waals surface area (Å²) in [4.78, 5) is 29.3. The molecule has 4 aromatic rings.